The number of hydrogen-bond donors (Lipinski definition) is 2. The lowest BCUT2D eigenvalue weighted by Gasteiger charge is -2.26. The summed E-state index contributed by atoms with van der Waals surface area (Å²) in [6, 6.07) is 13.7. The summed E-state index contributed by atoms with van der Waals surface area (Å²) in [5.74, 6) is 0.254. The summed E-state index contributed by atoms with van der Waals surface area (Å²) in [4.78, 5) is 6.78. The van der Waals surface area contributed by atoms with Crippen molar-refractivity contribution in [1.29, 1.82) is 0 Å². The van der Waals surface area contributed by atoms with E-state index < -0.39 is 6.10 Å². The second kappa shape index (κ2) is 7.11. The fourth-order valence-corrected chi connectivity index (χ4v) is 3.35. The first kappa shape index (κ1) is 16.0. The molecule has 1 aliphatic heterocycles. The summed E-state index contributed by atoms with van der Waals surface area (Å²) >= 11 is 0. The molecule has 0 radical (unpaired) electrons. The molecule has 0 bridgehead atoms. The van der Waals surface area contributed by atoms with Gasteiger partial charge in [-0.1, -0.05) is 30.3 Å². The van der Waals surface area contributed by atoms with Crippen molar-refractivity contribution in [3.8, 4) is 5.75 Å². The fraction of sp³-hybridized carbons (Fsp3) is 0.421. The molecule has 4 nitrogen and oxygen atoms in total. The number of likely N-dealkylation sites (tertiary alicyclic amines) is 1. The first-order valence-corrected chi connectivity index (χ1v) is 8.26. The Balaban J connectivity index is 1.67. The predicted molar refractivity (Wildman–Crippen MR) is 90.1 cm³/mol. The van der Waals surface area contributed by atoms with Crippen molar-refractivity contribution in [2.75, 3.05) is 6.54 Å². The Morgan fingerprint density at radius 3 is 2.78 bits per heavy atom. The number of aliphatic hydroxyl groups excluding tert-OH is 1. The Morgan fingerprint density at radius 2 is 2.00 bits per heavy atom. The van der Waals surface area contributed by atoms with Gasteiger partial charge in [-0.05, 0) is 50.4 Å². The van der Waals surface area contributed by atoms with E-state index in [2.05, 4.69) is 9.88 Å². The van der Waals surface area contributed by atoms with Gasteiger partial charge >= 0.3 is 0 Å². The molecule has 2 atom stereocenters. The van der Waals surface area contributed by atoms with Crippen LogP contribution >= 0.6 is 0 Å². The molecule has 0 spiro atoms. The fourth-order valence-electron chi connectivity index (χ4n) is 3.35. The Labute approximate surface area is 137 Å². The summed E-state index contributed by atoms with van der Waals surface area (Å²) in [6.07, 6.45) is 2.48. The van der Waals surface area contributed by atoms with Gasteiger partial charge in [0.05, 0.1) is 11.8 Å². The minimum Gasteiger partial charge on any atom is -0.506 e. The zero-order chi connectivity index (χ0) is 16.2. The van der Waals surface area contributed by atoms with Gasteiger partial charge in [0.15, 0.2) is 0 Å². The molecule has 4 heteroatoms. The van der Waals surface area contributed by atoms with Gasteiger partial charge in [0.25, 0.3) is 0 Å². The van der Waals surface area contributed by atoms with E-state index in [1.54, 1.807) is 6.07 Å². The van der Waals surface area contributed by atoms with Crippen molar-refractivity contribution < 1.29 is 10.2 Å². The third-order valence-corrected chi connectivity index (χ3v) is 4.62. The van der Waals surface area contributed by atoms with Crippen LogP contribution in [0.5, 0.6) is 5.75 Å². The van der Waals surface area contributed by atoms with Crippen molar-refractivity contribution in [2.45, 2.75) is 44.9 Å². The minimum atomic E-state index is -0.444. The Morgan fingerprint density at radius 1 is 1.22 bits per heavy atom. The van der Waals surface area contributed by atoms with Gasteiger partial charge in [0.1, 0.15) is 5.75 Å². The average Bonchev–Trinajstić information content (AvgIpc) is 2.99. The number of benzene rings is 1. The topological polar surface area (TPSA) is 56.6 Å². The highest BCUT2D eigenvalue weighted by atomic mass is 16.3. The first-order valence-electron chi connectivity index (χ1n) is 8.26. The monoisotopic (exact) mass is 312 g/mol. The van der Waals surface area contributed by atoms with E-state index >= 15 is 0 Å². The summed E-state index contributed by atoms with van der Waals surface area (Å²) in [6.45, 7) is 3.56. The van der Waals surface area contributed by atoms with E-state index in [4.69, 9.17) is 0 Å². The van der Waals surface area contributed by atoms with Crippen LogP contribution in [0.2, 0.25) is 0 Å². The summed E-state index contributed by atoms with van der Waals surface area (Å²) in [7, 11) is 0. The van der Waals surface area contributed by atoms with Crippen LogP contribution < -0.4 is 0 Å². The number of aliphatic hydroxyl groups is 1. The molecule has 122 valence electrons. The molecule has 0 saturated carbocycles. The lowest BCUT2D eigenvalue weighted by molar-refractivity contribution is 0.117. The molecule has 1 fully saturated rings. The molecule has 23 heavy (non-hydrogen) atoms. The smallest absolute Gasteiger partial charge is 0.138 e. The predicted octanol–water partition coefficient (Wildman–Crippen LogP) is 3.18. The zero-order valence-corrected chi connectivity index (χ0v) is 13.5. The molecule has 2 aromatic rings. The van der Waals surface area contributed by atoms with Gasteiger partial charge in [-0.3, -0.25) is 9.88 Å². The van der Waals surface area contributed by atoms with Crippen molar-refractivity contribution >= 4 is 0 Å². The van der Waals surface area contributed by atoms with Crippen molar-refractivity contribution in [1.82, 2.24) is 9.88 Å². The maximum absolute atomic E-state index is 10.5. The number of aromatic hydroxyl groups is 1. The van der Waals surface area contributed by atoms with Crippen LogP contribution in [0.1, 0.15) is 42.3 Å². The number of pyridine rings is 1. The molecule has 2 unspecified atom stereocenters. The van der Waals surface area contributed by atoms with E-state index in [0.29, 0.717) is 12.6 Å². The standard InChI is InChI=1S/C19H24N2O2/c1-14-9-10-18(22)17(20-14)13-21-11-5-8-16(21)12-19(23)15-6-3-2-4-7-15/h2-4,6-7,9-10,16,19,22-23H,5,8,11-13H2,1H3. The van der Waals surface area contributed by atoms with Gasteiger partial charge in [0, 0.05) is 18.3 Å². The number of aryl methyl sites for hydroxylation is 1. The van der Waals surface area contributed by atoms with Crippen LogP contribution in [-0.4, -0.2) is 32.7 Å². The molecule has 1 saturated heterocycles. The van der Waals surface area contributed by atoms with Crippen molar-refractivity contribution in [3.05, 3.63) is 59.4 Å². The maximum Gasteiger partial charge on any atom is 0.138 e. The third kappa shape index (κ3) is 3.89. The van der Waals surface area contributed by atoms with E-state index in [9.17, 15) is 10.2 Å². The zero-order valence-electron chi connectivity index (χ0n) is 13.5. The average molecular weight is 312 g/mol. The summed E-state index contributed by atoms with van der Waals surface area (Å²) < 4.78 is 0. The lowest BCUT2D eigenvalue weighted by Crippen LogP contribution is -2.30. The van der Waals surface area contributed by atoms with Gasteiger partial charge in [-0.25, -0.2) is 0 Å². The number of aromatic nitrogens is 1. The number of rotatable bonds is 5. The molecule has 1 aromatic heterocycles. The molecular weight excluding hydrogens is 288 g/mol. The Hall–Kier alpha value is -1.91. The van der Waals surface area contributed by atoms with Crippen molar-refractivity contribution in [2.24, 2.45) is 0 Å². The summed E-state index contributed by atoms with van der Waals surface area (Å²) in [5.41, 5.74) is 2.61. The summed E-state index contributed by atoms with van der Waals surface area (Å²) in [5, 5.41) is 20.5. The van der Waals surface area contributed by atoms with Crippen LogP contribution in [0.25, 0.3) is 0 Å². The Bertz CT molecular complexity index is 645. The molecule has 2 N–H and O–H groups in total. The van der Waals surface area contributed by atoms with Crippen LogP contribution in [0.4, 0.5) is 0 Å². The highest BCUT2D eigenvalue weighted by Crippen LogP contribution is 2.29. The quantitative estimate of drug-likeness (QED) is 0.890. The van der Waals surface area contributed by atoms with Crippen LogP contribution in [0.3, 0.4) is 0 Å². The molecule has 1 aliphatic rings. The van der Waals surface area contributed by atoms with Crippen molar-refractivity contribution in [3.63, 3.8) is 0 Å². The van der Waals surface area contributed by atoms with Gasteiger partial charge in [-0.2, -0.15) is 0 Å². The van der Waals surface area contributed by atoms with Crippen LogP contribution in [0.15, 0.2) is 42.5 Å². The highest BCUT2D eigenvalue weighted by Gasteiger charge is 2.28. The first-order chi connectivity index (χ1) is 11.1. The van der Waals surface area contributed by atoms with E-state index in [1.807, 2.05) is 43.3 Å². The normalized spacial score (nSPS) is 19.8. The van der Waals surface area contributed by atoms with E-state index in [1.165, 1.54) is 0 Å². The Kier molecular flexibility index (Phi) is 4.94. The minimum absolute atomic E-state index is 0.254. The second-order valence-electron chi connectivity index (χ2n) is 6.35. The van der Waals surface area contributed by atoms with Gasteiger partial charge in [-0.15, -0.1) is 0 Å². The highest BCUT2D eigenvalue weighted by molar-refractivity contribution is 5.27. The largest absolute Gasteiger partial charge is 0.506 e. The lowest BCUT2D eigenvalue weighted by atomic mass is 10.0. The van der Waals surface area contributed by atoms with Crippen LogP contribution in [0, 0.1) is 6.92 Å². The third-order valence-electron chi connectivity index (χ3n) is 4.62. The van der Waals surface area contributed by atoms with E-state index in [-0.39, 0.29) is 5.75 Å². The molecular formula is C19H24N2O2. The molecule has 1 aromatic carbocycles. The van der Waals surface area contributed by atoms with Gasteiger partial charge in [0.2, 0.25) is 0 Å². The molecule has 2 heterocycles. The molecule has 3 rings (SSSR count). The molecule has 0 aliphatic carbocycles. The maximum atomic E-state index is 10.5. The SMILES string of the molecule is Cc1ccc(O)c(CN2CCCC2CC(O)c2ccccc2)n1. The van der Waals surface area contributed by atoms with Crippen LogP contribution in [-0.2, 0) is 6.54 Å². The second-order valence-corrected chi connectivity index (χ2v) is 6.35. The number of nitrogens with zero attached hydrogens (tertiary/aromatic N) is 2. The number of hydrogen-bond acceptors (Lipinski definition) is 4. The molecule has 0 amide bonds. The van der Waals surface area contributed by atoms with E-state index in [0.717, 1.165) is 42.8 Å². The van der Waals surface area contributed by atoms with Gasteiger partial charge < -0.3 is 10.2 Å².